The third kappa shape index (κ3) is 3.75. The number of nitrogens with zero attached hydrogens (tertiary/aromatic N) is 2. The van der Waals surface area contributed by atoms with E-state index in [0.29, 0.717) is 5.56 Å². The number of rotatable bonds is 4. The van der Waals surface area contributed by atoms with E-state index in [0.717, 1.165) is 22.9 Å². The minimum atomic E-state index is -0.727. The Labute approximate surface area is 153 Å². The van der Waals surface area contributed by atoms with Crippen molar-refractivity contribution in [2.75, 3.05) is 5.32 Å². The molecule has 0 aliphatic carbocycles. The molecule has 3 aromatic rings. The maximum absolute atomic E-state index is 12.4. The van der Waals surface area contributed by atoms with E-state index in [4.69, 9.17) is 0 Å². The predicted molar refractivity (Wildman–Crippen MR) is 101 cm³/mol. The quantitative estimate of drug-likeness (QED) is 0.240. The van der Waals surface area contributed by atoms with E-state index < -0.39 is 16.6 Å². The van der Waals surface area contributed by atoms with Gasteiger partial charge in [-0.25, -0.2) is 0 Å². The Morgan fingerprint density at radius 2 is 1.89 bits per heavy atom. The number of carbonyl (C=O) groups is 1. The normalized spacial score (nSPS) is 11.0. The van der Waals surface area contributed by atoms with Crippen molar-refractivity contribution in [3.05, 3.63) is 81.9 Å². The molecule has 3 aromatic carbocycles. The van der Waals surface area contributed by atoms with Crippen LogP contribution in [0.5, 0.6) is 5.75 Å². The van der Waals surface area contributed by atoms with Crippen LogP contribution in [0.15, 0.2) is 66.2 Å². The molecule has 2 N–H and O–H groups in total. The van der Waals surface area contributed by atoms with Gasteiger partial charge in [-0.3, -0.25) is 14.9 Å². The molecule has 0 aliphatic heterocycles. The summed E-state index contributed by atoms with van der Waals surface area (Å²) >= 11 is 0. The Morgan fingerprint density at radius 1 is 1.15 bits per heavy atom. The lowest BCUT2D eigenvalue weighted by Gasteiger charge is -2.07. The summed E-state index contributed by atoms with van der Waals surface area (Å²) in [5, 5.41) is 34.2. The van der Waals surface area contributed by atoms with E-state index in [9.17, 15) is 25.3 Å². The standard InChI is InChI=1S/C20H13N3O4/c21-12-15(10-14-6-3-5-13-4-1-2-7-17(13)14)20(25)22-18-9-8-16(23(26)27)11-19(18)24/h1-11,24H,(H,22,25)/b15-10+. The molecule has 7 nitrogen and oxygen atoms in total. The van der Waals surface area contributed by atoms with Crippen molar-refractivity contribution in [3.8, 4) is 11.8 Å². The number of nitrogens with one attached hydrogen (secondary N) is 1. The highest BCUT2D eigenvalue weighted by molar-refractivity contribution is 6.11. The third-order valence-electron chi connectivity index (χ3n) is 3.93. The lowest BCUT2D eigenvalue weighted by atomic mass is 10.0. The maximum atomic E-state index is 12.4. The van der Waals surface area contributed by atoms with Crippen LogP contribution in [0.3, 0.4) is 0 Å². The molecule has 27 heavy (non-hydrogen) atoms. The first kappa shape index (κ1) is 17.6. The number of nitriles is 1. The Bertz CT molecular complexity index is 1120. The van der Waals surface area contributed by atoms with Crippen molar-refractivity contribution in [3.63, 3.8) is 0 Å². The van der Waals surface area contributed by atoms with Crippen molar-refractivity contribution in [2.45, 2.75) is 0 Å². The number of fused-ring (bicyclic) bond motifs is 1. The molecule has 7 heteroatoms. The Hall–Kier alpha value is -4.18. The highest BCUT2D eigenvalue weighted by atomic mass is 16.6. The van der Waals surface area contributed by atoms with Gasteiger partial charge in [0, 0.05) is 6.07 Å². The zero-order valence-electron chi connectivity index (χ0n) is 13.9. The largest absolute Gasteiger partial charge is 0.506 e. The van der Waals surface area contributed by atoms with Gasteiger partial charge >= 0.3 is 0 Å². The molecular formula is C20H13N3O4. The number of aromatic hydroxyl groups is 1. The van der Waals surface area contributed by atoms with Gasteiger partial charge in [0.15, 0.2) is 0 Å². The topological polar surface area (TPSA) is 116 Å². The van der Waals surface area contributed by atoms with Gasteiger partial charge in [0.1, 0.15) is 17.4 Å². The van der Waals surface area contributed by atoms with Crippen LogP contribution in [0.4, 0.5) is 11.4 Å². The minimum Gasteiger partial charge on any atom is -0.506 e. The van der Waals surface area contributed by atoms with Crippen LogP contribution in [-0.4, -0.2) is 15.9 Å². The summed E-state index contributed by atoms with van der Waals surface area (Å²) in [6.45, 7) is 0. The lowest BCUT2D eigenvalue weighted by molar-refractivity contribution is -0.384. The summed E-state index contributed by atoms with van der Waals surface area (Å²) in [6, 6.07) is 18.2. The van der Waals surface area contributed by atoms with Crippen molar-refractivity contribution >= 4 is 34.1 Å². The number of anilines is 1. The molecule has 132 valence electrons. The molecule has 0 heterocycles. The van der Waals surface area contributed by atoms with Crippen molar-refractivity contribution in [2.24, 2.45) is 0 Å². The summed E-state index contributed by atoms with van der Waals surface area (Å²) < 4.78 is 0. The van der Waals surface area contributed by atoms with E-state index in [-0.39, 0.29) is 16.9 Å². The second kappa shape index (κ2) is 7.37. The summed E-state index contributed by atoms with van der Waals surface area (Å²) in [5.41, 5.74) is 0.207. The van der Waals surface area contributed by atoms with Gasteiger partial charge in [0.05, 0.1) is 16.7 Å². The molecule has 0 aliphatic rings. The number of benzene rings is 3. The molecule has 0 saturated heterocycles. The van der Waals surface area contributed by atoms with Gasteiger partial charge in [0.25, 0.3) is 11.6 Å². The molecule has 3 rings (SSSR count). The average Bonchev–Trinajstić information content (AvgIpc) is 2.67. The molecule has 0 atom stereocenters. The number of non-ortho nitro benzene ring substituents is 1. The second-order valence-corrected chi connectivity index (χ2v) is 5.65. The van der Waals surface area contributed by atoms with E-state index in [1.54, 1.807) is 6.07 Å². The monoisotopic (exact) mass is 359 g/mol. The van der Waals surface area contributed by atoms with Crippen LogP contribution in [0.1, 0.15) is 5.56 Å². The summed E-state index contributed by atoms with van der Waals surface area (Å²) in [4.78, 5) is 22.5. The lowest BCUT2D eigenvalue weighted by Crippen LogP contribution is -2.13. The zero-order valence-corrected chi connectivity index (χ0v) is 13.9. The summed E-state index contributed by atoms with van der Waals surface area (Å²) in [7, 11) is 0. The number of nitro groups is 1. The van der Waals surface area contributed by atoms with Gasteiger partial charge in [0.2, 0.25) is 0 Å². The number of amides is 1. The van der Waals surface area contributed by atoms with Crippen LogP contribution in [-0.2, 0) is 4.79 Å². The van der Waals surface area contributed by atoms with E-state index in [1.807, 2.05) is 42.5 Å². The van der Waals surface area contributed by atoms with Gasteiger partial charge in [-0.2, -0.15) is 5.26 Å². The van der Waals surface area contributed by atoms with Crippen molar-refractivity contribution in [1.82, 2.24) is 0 Å². The minimum absolute atomic E-state index is 0.0235. The van der Waals surface area contributed by atoms with Gasteiger partial charge in [-0.15, -0.1) is 0 Å². The fraction of sp³-hybridized carbons (Fsp3) is 0. The van der Waals surface area contributed by atoms with Gasteiger partial charge in [-0.1, -0.05) is 42.5 Å². The van der Waals surface area contributed by atoms with Crippen LogP contribution < -0.4 is 5.32 Å². The Balaban J connectivity index is 1.92. The van der Waals surface area contributed by atoms with Gasteiger partial charge in [-0.05, 0) is 28.5 Å². The molecular weight excluding hydrogens is 346 g/mol. The predicted octanol–water partition coefficient (Wildman–Crippen LogP) is 4.00. The molecule has 0 fully saturated rings. The molecule has 0 spiro atoms. The fourth-order valence-corrected chi connectivity index (χ4v) is 2.61. The van der Waals surface area contributed by atoms with Gasteiger partial charge < -0.3 is 10.4 Å². The number of hydrogen-bond donors (Lipinski definition) is 2. The number of phenols is 1. The number of hydrogen-bond acceptors (Lipinski definition) is 5. The first-order chi connectivity index (χ1) is 13.0. The van der Waals surface area contributed by atoms with E-state index >= 15 is 0 Å². The molecule has 1 amide bonds. The highest BCUT2D eigenvalue weighted by Gasteiger charge is 2.15. The smallest absolute Gasteiger partial charge is 0.273 e. The molecule has 0 aromatic heterocycles. The SMILES string of the molecule is N#C/C(=C\c1cccc2ccccc12)C(=O)Nc1ccc([N+](=O)[O-])cc1O. The van der Waals surface area contributed by atoms with Crippen LogP contribution in [0, 0.1) is 21.4 Å². The zero-order chi connectivity index (χ0) is 19.4. The molecule has 0 unspecified atom stereocenters. The Morgan fingerprint density at radius 3 is 2.59 bits per heavy atom. The van der Waals surface area contributed by atoms with Crippen LogP contribution in [0.2, 0.25) is 0 Å². The third-order valence-corrected chi connectivity index (χ3v) is 3.93. The molecule has 0 bridgehead atoms. The van der Waals surface area contributed by atoms with Crippen LogP contribution in [0.25, 0.3) is 16.8 Å². The van der Waals surface area contributed by atoms with Crippen LogP contribution >= 0.6 is 0 Å². The summed E-state index contributed by atoms with van der Waals surface area (Å²) in [6.07, 6.45) is 1.46. The number of nitro benzene ring substituents is 1. The maximum Gasteiger partial charge on any atom is 0.273 e. The van der Waals surface area contributed by atoms with Crippen molar-refractivity contribution in [1.29, 1.82) is 5.26 Å². The number of phenolic OH excluding ortho intramolecular Hbond substituents is 1. The van der Waals surface area contributed by atoms with E-state index in [1.165, 1.54) is 12.1 Å². The van der Waals surface area contributed by atoms with Crippen molar-refractivity contribution < 1.29 is 14.8 Å². The second-order valence-electron chi connectivity index (χ2n) is 5.65. The molecule has 0 saturated carbocycles. The average molecular weight is 359 g/mol. The molecule has 0 radical (unpaired) electrons. The fourth-order valence-electron chi connectivity index (χ4n) is 2.61. The first-order valence-electron chi connectivity index (χ1n) is 7.88. The first-order valence-corrected chi connectivity index (χ1v) is 7.88. The highest BCUT2D eigenvalue weighted by Crippen LogP contribution is 2.28. The number of carbonyl (C=O) groups excluding carboxylic acids is 1. The Kier molecular flexibility index (Phi) is 4.82. The van der Waals surface area contributed by atoms with E-state index in [2.05, 4.69) is 5.32 Å². The summed E-state index contributed by atoms with van der Waals surface area (Å²) in [5.74, 6) is -1.19.